The molecule has 200 valence electrons. The van der Waals surface area contributed by atoms with Crippen molar-refractivity contribution >= 4 is 17.5 Å². The van der Waals surface area contributed by atoms with Crippen LogP contribution in [0.5, 0.6) is 11.5 Å². The second-order valence-corrected chi connectivity index (χ2v) is 9.60. The lowest BCUT2D eigenvalue weighted by molar-refractivity contribution is -0.275. The van der Waals surface area contributed by atoms with Crippen LogP contribution in [0.2, 0.25) is 0 Å². The van der Waals surface area contributed by atoms with Gasteiger partial charge in [0.25, 0.3) is 5.91 Å². The summed E-state index contributed by atoms with van der Waals surface area (Å²) < 4.78 is 44.3. The molecule has 0 unspecified atom stereocenters. The van der Waals surface area contributed by atoms with Gasteiger partial charge in [0.05, 0.1) is 11.6 Å². The number of benzene rings is 1. The van der Waals surface area contributed by atoms with E-state index in [9.17, 15) is 48.0 Å². The van der Waals surface area contributed by atoms with Crippen LogP contribution >= 0.6 is 0 Å². The molecule has 3 aliphatic carbocycles. The SMILES string of the molecule is CN(C)Cc1cc(O)c2c(c1OC(F)(F)F)C[C@H]1C[C@H]3[C@H](N)C(O)=C(C(N)=O)C(=O)[C@@]3(O)C(O)=C1C2=O. The van der Waals surface area contributed by atoms with Crippen LogP contribution in [-0.2, 0) is 22.6 Å². The average molecular weight is 527 g/mol. The molecule has 0 fully saturated rings. The number of Topliss-reactive ketones (excluding diaryl/α,β-unsaturated/α-hetero) is 2. The van der Waals surface area contributed by atoms with Crippen molar-refractivity contribution in [3.63, 3.8) is 0 Å². The molecular weight excluding hydrogens is 503 g/mol. The smallest absolute Gasteiger partial charge is 0.510 e. The van der Waals surface area contributed by atoms with Gasteiger partial charge in [-0.1, -0.05) is 0 Å². The molecule has 11 nitrogen and oxygen atoms in total. The maximum Gasteiger partial charge on any atom is 0.573 e. The molecule has 0 aliphatic heterocycles. The molecule has 1 amide bonds. The predicted molar refractivity (Wildman–Crippen MR) is 118 cm³/mol. The van der Waals surface area contributed by atoms with E-state index in [0.29, 0.717) is 0 Å². The minimum atomic E-state index is -5.14. The largest absolute Gasteiger partial charge is 0.573 e. The summed E-state index contributed by atoms with van der Waals surface area (Å²) in [6.07, 6.45) is -5.87. The summed E-state index contributed by atoms with van der Waals surface area (Å²) in [6.45, 7) is -0.0879. The quantitative estimate of drug-likeness (QED) is 0.300. The Balaban J connectivity index is 1.94. The molecule has 0 heterocycles. The van der Waals surface area contributed by atoms with Crippen LogP contribution < -0.4 is 16.2 Å². The van der Waals surface area contributed by atoms with Gasteiger partial charge in [-0.3, -0.25) is 14.4 Å². The molecule has 3 aliphatic rings. The molecule has 4 atom stereocenters. The maximum absolute atomic E-state index is 13.5. The minimum absolute atomic E-state index is 0.0634. The van der Waals surface area contributed by atoms with Gasteiger partial charge in [-0.25, -0.2) is 0 Å². The van der Waals surface area contributed by atoms with Gasteiger partial charge in [-0.15, -0.1) is 13.2 Å². The Morgan fingerprint density at radius 3 is 2.41 bits per heavy atom. The van der Waals surface area contributed by atoms with Crippen LogP contribution in [0.4, 0.5) is 13.2 Å². The maximum atomic E-state index is 13.5. The van der Waals surface area contributed by atoms with Crippen molar-refractivity contribution in [1.29, 1.82) is 0 Å². The first kappa shape index (κ1) is 26.4. The number of nitrogens with zero attached hydrogens (tertiary/aromatic N) is 1. The van der Waals surface area contributed by atoms with E-state index in [1.807, 2.05) is 0 Å². The highest BCUT2D eigenvalue weighted by atomic mass is 19.4. The summed E-state index contributed by atoms with van der Waals surface area (Å²) in [5.41, 5.74) is 5.68. The number of hydrogen-bond donors (Lipinski definition) is 6. The number of aromatic hydroxyl groups is 1. The Kier molecular flexibility index (Phi) is 6.05. The summed E-state index contributed by atoms with van der Waals surface area (Å²) in [4.78, 5) is 39.8. The van der Waals surface area contributed by atoms with Crippen molar-refractivity contribution in [3.8, 4) is 11.5 Å². The number of ether oxygens (including phenoxy) is 1. The number of allylic oxidation sites excluding steroid dienone is 1. The topological polar surface area (TPSA) is 197 Å². The first-order valence-electron chi connectivity index (χ1n) is 11.0. The van der Waals surface area contributed by atoms with Crippen molar-refractivity contribution in [2.45, 2.75) is 37.4 Å². The van der Waals surface area contributed by atoms with Crippen LogP contribution in [0.25, 0.3) is 0 Å². The summed E-state index contributed by atoms with van der Waals surface area (Å²) in [6, 6.07) is -0.645. The number of phenols is 1. The zero-order valence-electron chi connectivity index (χ0n) is 19.6. The molecule has 4 rings (SSSR count). The number of hydrogen-bond acceptors (Lipinski definition) is 10. The fourth-order valence-electron chi connectivity index (χ4n) is 5.53. The monoisotopic (exact) mass is 527 g/mol. The second-order valence-electron chi connectivity index (χ2n) is 9.60. The fourth-order valence-corrected chi connectivity index (χ4v) is 5.53. The number of fused-ring (bicyclic) bond motifs is 3. The molecule has 1 aromatic rings. The van der Waals surface area contributed by atoms with Crippen LogP contribution in [0.15, 0.2) is 28.7 Å². The standard InChI is InChI=1S/C23H24F3N3O8/c1-29(2)6-8-5-11(30)13-9(18(8)37-23(24,25)26)3-7-4-10-15(27)17(32)14(21(28)35)20(34)22(10,36)19(33)12(7)16(13)31/h5,7,10,15,30,32-33,36H,3-4,6,27H2,1-2H3,(H2,28,35)/t7-,10-,15-,22-/m0/s1. The number of phenolic OH excluding ortho intramolecular Hbond substituents is 1. The van der Waals surface area contributed by atoms with Gasteiger partial charge >= 0.3 is 6.36 Å². The minimum Gasteiger partial charge on any atom is -0.510 e. The van der Waals surface area contributed by atoms with Gasteiger partial charge in [-0.2, -0.15) is 0 Å². The lowest BCUT2D eigenvalue weighted by atomic mass is 9.59. The molecule has 0 aromatic heterocycles. The van der Waals surface area contributed by atoms with Crippen molar-refractivity contribution in [3.05, 3.63) is 45.4 Å². The number of carbonyl (C=O) groups excluding carboxylic acids is 3. The van der Waals surface area contributed by atoms with E-state index in [1.165, 1.54) is 4.90 Å². The highest BCUT2D eigenvalue weighted by molar-refractivity contribution is 6.24. The van der Waals surface area contributed by atoms with E-state index in [1.54, 1.807) is 14.1 Å². The fraction of sp³-hybridized carbons (Fsp3) is 0.435. The van der Waals surface area contributed by atoms with Crippen LogP contribution in [0.1, 0.15) is 27.9 Å². The normalized spacial score (nSPS) is 27.7. The number of aliphatic hydroxyl groups excluding tert-OH is 2. The highest BCUT2D eigenvalue weighted by Gasteiger charge is 2.62. The van der Waals surface area contributed by atoms with E-state index in [-0.39, 0.29) is 30.5 Å². The van der Waals surface area contributed by atoms with E-state index >= 15 is 0 Å². The Labute approximate surface area is 207 Å². The molecule has 14 heteroatoms. The van der Waals surface area contributed by atoms with Crippen LogP contribution in [0.3, 0.4) is 0 Å². The molecule has 1 aromatic carbocycles. The van der Waals surface area contributed by atoms with Crippen molar-refractivity contribution in [2.24, 2.45) is 23.3 Å². The van der Waals surface area contributed by atoms with Crippen molar-refractivity contribution in [2.75, 3.05) is 14.1 Å². The molecule has 0 spiro atoms. The number of amides is 1. The van der Waals surface area contributed by atoms with Crippen LogP contribution in [0, 0.1) is 11.8 Å². The molecule has 0 saturated heterocycles. The zero-order chi connectivity index (χ0) is 27.8. The first-order valence-corrected chi connectivity index (χ1v) is 11.0. The Morgan fingerprint density at radius 1 is 1.24 bits per heavy atom. The number of halogens is 3. The zero-order valence-corrected chi connectivity index (χ0v) is 19.6. The molecule has 37 heavy (non-hydrogen) atoms. The number of aliphatic hydroxyl groups is 3. The van der Waals surface area contributed by atoms with Gasteiger partial charge in [0.2, 0.25) is 5.78 Å². The van der Waals surface area contributed by atoms with E-state index in [4.69, 9.17) is 11.5 Å². The summed E-state index contributed by atoms with van der Waals surface area (Å²) >= 11 is 0. The van der Waals surface area contributed by atoms with Gasteiger partial charge in [0.1, 0.15) is 28.6 Å². The van der Waals surface area contributed by atoms with Crippen LogP contribution in [-0.4, -0.2) is 74.9 Å². The van der Waals surface area contributed by atoms with Gasteiger partial charge in [0.15, 0.2) is 11.4 Å². The molecule has 0 saturated carbocycles. The Hall–Kier alpha value is -3.62. The lowest BCUT2D eigenvalue weighted by Crippen LogP contribution is -2.63. The Bertz CT molecular complexity index is 1300. The van der Waals surface area contributed by atoms with Gasteiger partial charge < -0.3 is 41.5 Å². The van der Waals surface area contributed by atoms with Gasteiger partial charge in [-0.05, 0) is 38.9 Å². The number of primary amides is 1. The third-order valence-corrected chi connectivity index (χ3v) is 6.99. The first-order chi connectivity index (χ1) is 17.0. The average Bonchev–Trinajstić information content (AvgIpc) is 2.75. The number of rotatable bonds is 4. The molecule has 8 N–H and O–H groups in total. The third kappa shape index (κ3) is 3.91. The highest BCUT2D eigenvalue weighted by Crippen LogP contribution is 2.53. The number of carbonyl (C=O) groups is 3. The summed E-state index contributed by atoms with van der Waals surface area (Å²) in [5, 5.41) is 43.3. The number of alkyl halides is 3. The van der Waals surface area contributed by atoms with Gasteiger partial charge in [0, 0.05) is 29.2 Å². The van der Waals surface area contributed by atoms with E-state index in [0.717, 1.165) is 6.07 Å². The number of ketones is 2. The summed E-state index contributed by atoms with van der Waals surface area (Å²) in [5.74, 6) is -10.1. The second kappa shape index (κ2) is 8.46. The molecule has 0 radical (unpaired) electrons. The Morgan fingerprint density at radius 2 is 1.86 bits per heavy atom. The molecular formula is C23H24F3N3O8. The van der Waals surface area contributed by atoms with E-state index < -0.39 is 87.0 Å². The summed E-state index contributed by atoms with van der Waals surface area (Å²) in [7, 11) is 3.14. The van der Waals surface area contributed by atoms with E-state index in [2.05, 4.69) is 4.74 Å². The molecule has 0 bridgehead atoms. The lowest BCUT2D eigenvalue weighted by Gasteiger charge is -2.47. The van der Waals surface area contributed by atoms with Crippen molar-refractivity contribution < 1.29 is 52.7 Å². The predicted octanol–water partition coefficient (Wildman–Crippen LogP) is 0.478. The third-order valence-electron chi connectivity index (χ3n) is 6.99. The van der Waals surface area contributed by atoms with Crippen molar-refractivity contribution in [1.82, 2.24) is 4.90 Å². The number of nitrogens with two attached hydrogens (primary N) is 2.